The Labute approximate surface area is 82.8 Å². The van der Waals surface area contributed by atoms with E-state index in [9.17, 15) is 9.59 Å². The molecular formula is C9H15NO4. The summed E-state index contributed by atoms with van der Waals surface area (Å²) in [7, 11) is 2.70. The van der Waals surface area contributed by atoms with E-state index in [0.717, 1.165) is 0 Å². The Bertz CT molecular complexity index is 207. The number of carbonyl (C=O) groups is 2. The fourth-order valence-corrected chi connectivity index (χ4v) is 1.62. The van der Waals surface area contributed by atoms with Gasteiger partial charge in [0.25, 0.3) is 0 Å². The Kier molecular flexibility index (Phi) is 3.88. The topological polar surface area (TPSA) is 64.6 Å². The molecule has 0 amide bonds. The fourth-order valence-electron chi connectivity index (χ4n) is 1.62. The van der Waals surface area contributed by atoms with Gasteiger partial charge in [-0.3, -0.25) is 9.59 Å². The molecule has 2 atom stereocenters. The maximum Gasteiger partial charge on any atom is 0.322 e. The van der Waals surface area contributed by atoms with Gasteiger partial charge in [0, 0.05) is 0 Å². The predicted octanol–water partition coefficient (Wildman–Crippen LogP) is -0.299. The number of nitrogens with one attached hydrogen (secondary N) is 1. The molecule has 0 radical (unpaired) electrons. The van der Waals surface area contributed by atoms with Crippen LogP contribution < -0.4 is 5.32 Å². The lowest BCUT2D eigenvalue weighted by Gasteiger charge is -2.26. The molecule has 1 aliphatic heterocycles. The average molecular weight is 201 g/mol. The summed E-state index contributed by atoms with van der Waals surface area (Å²) in [5.74, 6) is -0.760. The molecule has 0 saturated carbocycles. The van der Waals surface area contributed by atoms with Gasteiger partial charge in [-0.2, -0.15) is 0 Å². The number of hydrogen-bond donors (Lipinski definition) is 1. The third-order valence-electron chi connectivity index (χ3n) is 2.42. The zero-order valence-electron chi connectivity index (χ0n) is 8.41. The van der Waals surface area contributed by atoms with Crippen LogP contribution in [0.15, 0.2) is 0 Å². The van der Waals surface area contributed by atoms with Gasteiger partial charge in [-0.1, -0.05) is 0 Å². The monoisotopic (exact) mass is 201 g/mol. The van der Waals surface area contributed by atoms with Gasteiger partial charge in [0.05, 0.1) is 20.1 Å². The minimum Gasteiger partial charge on any atom is -0.469 e. The second-order valence-electron chi connectivity index (χ2n) is 3.27. The molecule has 5 nitrogen and oxygen atoms in total. The van der Waals surface area contributed by atoms with E-state index in [2.05, 4.69) is 14.8 Å². The molecule has 14 heavy (non-hydrogen) atoms. The van der Waals surface area contributed by atoms with Crippen molar-refractivity contribution in [3.8, 4) is 0 Å². The Hall–Kier alpha value is -1.10. The molecule has 0 aromatic rings. The third kappa shape index (κ3) is 2.45. The molecule has 0 spiro atoms. The van der Waals surface area contributed by atoms with E-state index in [1.54, 1.807) is 0 Å². The van der Waals surface area contributed by atoms with Crippen molar-refractivity contribution >= 4 is 11.9 Å². The SMILES string of the molecule is COC(=O)[C@H]1CCN[C@@H](C(=O)OC)C1. The van der Waals surface area contributed by atoms with Crippen molar-refractivity contribution in [2.45, 2.75) is 18.9 Å². The number of methoxy groups -OCH3 is 2. The summed E-state index contributed by atoms with van der Waals surface area (Å²) < 4.78 is 9.23. The first-order chi connectivity index (χ1) is 6.69. The Morgan fingerprint density at radius 2 is 1.86 bits per heavy atom. The van der Waals surface area contributed by atoms with Crippen LogP contribution in [0, 0.1) is 5.92 Å². The fraction of sp³-hybridized carbons (Fsp3) is 0.778. The highest BCUT2D eigenvalue weighted by molar-refractivity contribution is 5.78. The largest absolute Gasteiger partial charge is 0.469 e. The van der Waals surface area contributed by atoms with Crippen LogP contribution in [0.25, 0.3) is 0 Å². The molecule has 1 N–H and O–H groups in total. The van der Waals surface area contributed by atoms with Crippen molar-refractivity contribution in [2.75, 3.05) is 20.8 Å². The van der Waals surface area contributed by atoms with Crippen molar-refractivity contribution in [3.05, 3.63) is 0 Å². The molecule has 0 aromatic heterocycles. The second kappa shape index (κ2) is 4.95. The minimum absolute atomic E-state index is 0.189. The van der Waals surface area contributed by atoms with Crippen molar-refractivity contribution in [2.24, 2.45) is 5.92 Å². The first-order valence-corrected chi connectivity index (χ1v) is 4.58. The quantitative estimate of drug-likeness (QED) is 0.621. The van der Waals surface area contributed by atoms with E-state index < -0.39 is 0 Å². The molecular weight excluding hydrogens is 186 g/mol. The molecule has 5 heteroatoms. The zero-order valence-corrected chi connectivity index (χ0v) is 8.41. The molecule has 1 aliphatic rings. The molecule has 1 heterocycles. The lowest BCUT2D eigenvalue weighted by Crippen LogP contribution is -2.45. The van der Waals surface area contributed by atoms with Crippen molar-refractivity contribution in [1.29, 1.82) is 0 Å². The minimum atomic E-state index is -0.377. The summed E-state index contributed by atoms with van der Waals surface area (Å²) in [6, 6.07) is -0.377. The number of esters is 2. The van der Waals surface area contributed by atoms with Gasteiger partial charge >= 0.3 is 11.9 Å². The van der Waals surface area contributed by atoms with E-state index in [1.165, 1.54) is 14.2 Å². The molecule has 0 unspecified atom stereocenters. The normalized spacial score (nSPS) is 26.7. The maximum atomic E-state index is 11.2. The highest BCUT2D eigenvalue weighted by atomic mass is 16.5. The number of carbonyl (C=O) groups excluding carboxylic acids is 2. The first-order valence-electron chi connectivity index (χ1n) is 4.58. The zero-order chi connectivity index (χ0) is 10.6. The average Bonchev–Trinajstić information content (AvgIpc) is 2.27. The Morgan fingerprint density at radius 3 is 2.43 bits per heavy atom. The van der Waals surface area contributed by atoms with Gasteiger partial charge in [0.1, 0.15) is 6.04 Å². The summed E-state index contributed by atoms with van der Waals surface area (Å²) in [5.41, 5.74) is 0. The van der Waals surface area contributed by atoms with E-state index in [1.807, 2.05) is 0 Å². The van der Waals surface area contributed by atoms with E-state index >= 15 is 0 Å². The number of hydrogen-bond acceptors (Lipinski definition) is 5. The first kappa shape index (κ1) is 11.0. The standard InChI is InChI=1S/C9H15NO4/c1-13-8(11)6-3-4-10-7(5-6)9(12)14-2/h6-7,10H,3-5H2,1-2H3/t6-,7+/m0/s1. The third-order valence-corrected chi connectivity index (χ3v) is 2.42. The molecule has 1 saturated heterocycles. The van der Waals surface area contributed by atoms with Crippen LogP contribution in [0.2, 0.25) is 0 Å². The summed E-state index contributed by atoms with van der Waals surface area (Å²) in [5, 5.41) is 3.00. The van der Waals surface area contributed by atoms with Gasteiger partial charge in [-0.05, 0) is 19.4 Å². The lowest BCUT2D eigenvalue weighted by atomic mass is 9.92. The molecule has 0 bridgehead atoms. The van der Waals surface area contributed by atoms with Crippen molar-refractivity contribution < 1.29 is 19.1 Å². The maximum absolute atomic E-state index is 11.2. The van der Waals surface area contributed by atoms with Crippen LogP contribution in [0.5, 0.6) is 0 Å². The highest BCUT2D eigenvalue weighted by Gasteiger charge is 2.31. The lowest BCUT2D eigenvalue weighted by molar-refractivity contribution is -0.149. The van der Waals surface area contributed by atoms with Crippen LogP contribution in [0.4, 0.5) is 0 Å². The molecule has 1 rings (SSSR count). The molecule has 80 valence electrons. The smallest absolute Gasteiger partial charge is 0.322 e. The summed E-state index contributed by atoms with van der Waals surface area (Å²) >= 11 is 0. The van der Waals surface area contributed by atoms with Crippen LogP contribution in [-0.4, -0.2) is 38.7 Å². The summed E-state index contributed by atoms with van der Waals surface area (Å²) in [6.45, 7) is 0.638. The van der Waals surface area contributed by atoms with Gasteiger partial charge in [-0.15, -0.1) is 0 Å². The molecule has 0 aromatic carbocycles. The van der Waals surface area contributed by atoms with Crippen LogP contribution in [0.1, 0.15) is 12.8 Å². The second-order valence-corrected chi connectivity index (χ2v) is 3.27. The summed E-state index contributed by atoms with van der Waals surface area (Å²) in [6.07, 6.45) is 1.17. The number of ether oxygens (including phenoxy) is 2. The van der Waals surface area contributed by atoms with E-state index in [-0.39, 0.29) is 23.9 Å². The summed E-state index contributed by atoms with van der Waals surface area (Å²) in [4.78, 5) is 22.4. The van der Waals surface area contributed by atoms with Crippen molar-refractivity contribution in [3.63, 3.8) is 0 Å². The number of piperidine rings is 1. The Balaban J connectivity index is 2.51. The van der Waals surface area contributed by atoms with E-state index in [0.29, 0.717) is 19.4 Å². The Morgan fingerprint density at radius 1 is 1.21 bits per heavy atom. The molecule has 0 aliphatic carbocycles. The van der Waals surface area contributed by atoms with Crippen LogP contribution >= 0.6 is 0 Å². The highest BCUT2D eigenvalue weighted by Crippen LogP contribution is 2.18. The van der Waals surface area contributed by atoms with Gasteiger partial charge in [0.15, 0.2) is 0 Å². The molecule has 1 fully saturated rings. The van der Waals surface area contributed by atoms with Gasteiger partial charge in [0.2, 0.25) is 0 Å². The van der Waals surface area contributed by atoms with Crippen LogP contribution in [-0.2, 0) is 19.1 Å². The van der Waals surface area contributed by atoms with E-state index in [4.69, 9.17) is 0 Å². The van der Waals surface area contributed by atoms with Gasteiger partial charge < -0.3 is 14.8 Å². The van der Waals surface area contributed by atoms with Gasteiger partial charge in [-0.25, -0.2) is 0 Å². The van der Waals surface area contributed by atoms with Crippen LogP contribution in [0.3, 0.4) is 0 Å². The predicted molar refractivity (Wildman–Crippen MR) is 48.5 cm³/mol. The van der Waals surface area contributed by atoms with Crippen molar-refractivity contribution in [1.82, 2.24) is 5.32 Å². The number of rotatable bonds is 2.